The summed E-state index contributed by atoms with van der Waals surface area (Å²) in [5, 5.41) is 4.86. The Kier molecular flexibility index (Phi) is 9.53. The first kappa shape index (κ1) is 39.0. The molecule has 0 saturated heterocycles. The van der Waals surface area contributed by atoms with E-state index in [-0.39, 0.29) is 0 Å². The topological polar surface area (TPSA) is 29.2 Å². The summed E-state index contributed by atoms with van der Waals surface area (Å²) >= 11 is 0. The minimum absolute atomic E-state index is 0.864. The van der Waals surface area contributed by atoms with Crippen LogP contribution in [-0.2, 0) is 0 Å². The lowest BCUT2D eigenvalue weighted by Gasteiger charge is -2.26. The van der Waals surface area contributed by atoms with Gasteiger partial charge in [0.1, 0.15) is 5.82 Å². The van der Waals surface area contributed by atoms with Crippen molar-refractivity contribution in [2.75, 3.05) is 9.80 Å². The molecule has 0 unspecified atom stereocenters. The number of aryl methyl sites for hydroxylation is 2. The zero-order valence-corrected chi connectivity index (χ0v) is 36.8. The van der Waals surface area contributed by atoms with Crippen LogP contribution in [0.5, 0.6) is 0 Å². The summed E-state index contributed by atoms with van der Waals surface area (Å²) in [7, 11) is 0. The van der Waals surface area contributed by atoms with Crippen molar-refractivity contribution in [2.24, 2.45) is 0 Å². The molecule has 0 atom stereocenters. The molecule has 5 heteroatoms. The van der Waals surface area contributed by atoms with Gasteiger partial charge in [0.2, 0.25) is 0 Å². The van der Waals surface area contributed by atoms with Crippen molar-refractivity contribution >= 4 is 77.9 Å². The van der Waals surface area contributed by atoms with Gasteiger partial charge in [-0.25, -0.2) is 4.98 Å². The van der Waals surface area contributed by atoms with Gasteiger partial charge >= 0.3 is 0 Å². The quantitative estimate of drug-likeness (QED) is 0.145. The van der Waals surface area contributed by atoms with Crippen LogP contribution < -0.4 is 9.80 Å². The second-order valence-electron chi connectivity index (χ2n) is 17.1. The lowest BCUT2D eigenvalue weighted by molar-refractivity contribution is 1.16. The zero-order valence-electron chi connectivity index (χ0n) is 36.8. The van der Waals surface area contributed by atoms with Gasteiger partial charge in [-0.1, -0.05) is 121 Å². The van der Waals surface area contributed by atoms with Crippen molar-refractivity contribution < 1.29 is 0 Å². The summed E-state index contributed by atoms with van der Waals surface area (Å²) in [4.78, 5) is 9.57. The molecule has 0 aliphatic carbocycles. The molecule has 66 heavy (non-hydrogen) atoms. The largest absolute Gasteiger partial charge is 0.310 e. The van der Waals surface area contributed by atoms with Gasteiger partial charge in [0, 0.05) is 67.6 Å². The predicted molar refractivity (Wildman–Crippen MR) is 277 cm³/mol. The highest BCUT2D eigenvalue weighted by atomic mass is 15.2. The van der Waals surface area contributed by atoms with E-state index in [9.17, 15) is 0 Å². The van der Waals surface area contributed by atoms with Crippen LogP contribution in [0.1, 0.15) is 11.1 Å². The van der Waals surface area contributed by atoms with Crippen LogP contribution >= 0.6 is 0 Å². The van der Waals surface area contributed by atoms with E-state index in [1.165, 1.54) is 49.2 Å². The van der Waals surface area contributed by atoms with Crippen molar-refractivity contribution in [1.29, 1.82) is 0 Å². The summed E-state index contributed by atoms with van der Waals surface area (Å²) in [6, 6.07) is 83.1. The molecule has 3 heterocycles. The van der Waals surface area contributed by atoms with Crippen molar-refractivity contribution in [3.05, 3.63) is 248 Å². The Morgan fingerprint density at radius 2 is 0.712 bits per heavy atom. The van der Waals surface area contributed by atoms with E-state index < -0.39 is 0 Å². The monoisotopic (exact) mass is 847 g/mol. The summed E-state index contributed by atoms with van der Waals surface area (Å²) < 4.78 is 4.72. The first-order chi connectivity index (χ1) is 32.6. The SMILES string of the molecule is Cc1ccc(N(c2ccc(-c3ccc(N(c4ccc5c(c4)c4ccccc4n5-c4ccccc4)c4ccc(C)cn4)cc3)cc2)c2ccc3c(c2)c2ccccc2n3-c2ccccc2)cc1. The molecule has 9 aromatic carbocycles. The molecule has 0 aliphatic rings. The van der Waals surface area contributed by atoms with Gasteiger partial charge in [0.05, 0.1) is 22.1 Å². The number of nitrogens with zero attached hydrogens (tertiary/aromatic N) is 5. The number of anilines is 6. The average molecular weight is 848 g/mol. The van der Waals surface area contributed by atoms with Gasteiger partial charge in [-0.2, -0.15) is 0 Å². The number of hydrogen-bond acceptors (Lipinski definition) is 3. The van der Waals surface area contributed by atoms with Crippen LogP contribution in [0.25, 0.3) is 66.1 Å². The molecule has 0 spiro atoms. The molecule has 3 aromatic heterocycles. The third kappa shape index (κ3) is 6.77. The molecule has 0 aliphatic heterocycles. The van der Waals surface area contributed by atoms with E-state index in [0.717, 1.165) is 62.3 Å². The molecular formula is C61H45N5. The smallest absolute Gasteiger partial charge is 0.137 e. The Balaban J connectivity index is 0.910. The van der Waals surface area contributed by atoms with Crippen molar-refractivity contribution in [3.63, 3.8) is 0 Å². The van der Waals surface area contributed by atoms with E-state index in [2.05, 4.69) is 263 Å². The highest BCUT2D eigenvalue weighted by molar-refractivity contribution is 6.12. The first-order valence-corrected chi connectivity index (χ1v) is 22.5. The van der Waals surface area contributed by atoms with Gasteiger partial charge in [0.25, 0.3) is 0 Å². The van der Waals surface area contributed by atoms with Crippen LogP contribution in [0.4, 0.5) is 34.3 Å². The minimum Gasteiger partial charge on any atom is -0.310 e. The average Bonchev–Trinajstić information content (AvgIpc) is 3.89. The van der Waals surface area contributed by atoms with E-state index >= 15 is 0 Å². The fourth-order valence-corrected chi connectivity index (χ4v) is 9.66. The summed E-state index contributed by atoms with van der Waals surface area (Å²) in [5.74, 6) is 0.864. The maximum atomic E-state index is 4.95. The van der Waals surface area contributed by atoms with Crippen LogP contribution in [0, 0.1) is 13.8 Å². The predicted octanol–water partition coefficient (Wildman–Crippen LogP) is 16.5. The summed E-state index contributed by atoms with van der Waals surface area (Å²) in [5.41, 5.74) is 17.0. The number of benzene rings is 9. The second-order valence-corrected chi connectivity index (χ2v) is 17.1. The van der Waals surface area contributed by atoms with Gasteiger partial charge < -0.3 is 14.0 Å². The summed E-state index contributed by atoms with van der Waals surface area (Å²) in [6.07, 6.45) is 1.94. The van der Waals surface area contributed by atoms with Gasteiger partial charge in [-0.3, -0.25) is 4.90 Å². The third-order valence-corrected chi connectivity index (χ3v) is 12.9. The molecule has 0 bridgehead atoms. The van der Waals surface area contributed by atoms with Crippen molar-refractivity contribution in [1.82, 2.24) is 14.1 Å². The zero-order chi connectivity index (χ0) is 44.1. The fraction of sp³-hybridized carbons (Fsp3) is 0.0328. The second kappa shape index (κ2) is 16.2. The van der Waals surface area contributed by atoms with E-state index in [1.54, 1.807) is 0 Å². The van der Waals surface area contributed by atoms with E-state index in [0.29, 0.717) is 0 Å². The standard InChI is InChI=1S/C61H45N5/c1-42-21-28-48(29-22-42)63(51-34-36-59-55(39-51)53-17-9-11-19-57(53)65(59)46-13-5-3-6-14-46)49-30-24-44(25-31-49)45-26-32-50(33-27-45)64(61-38-23-43(2)41-62-61)52-35-37-60-56(40-52)54-18-10-12-20-58(54)66(60)47-15-7-4-8-16-47/h3-41H,1-2H3. The minimum atomic E-state index is 0.864. The van der Waals surface area contributed by atoms with Crippen molar-refractivity contribution in [3.8, 4) is 22.5 Å². The molecule has 12 rings (SSSR count). The first-order valence-electron chi connectivity index (χ1n) is 22.5. The molecular weight excluding hydrogens is 803 g/mol. The van der Waals surface area contributed by atoms with Crippen LogP contribution in [-0.4, -0.2) is 14.1 Å². The Labute approximate surface area is 384 Å². The Bertz CT molecular complexity index is 3430. The van der Waals surface area contributed by atoms with Crippen LogP contribution in [0.15, 0.2) is 237 Å². The molecule has 12 aromatic rings. The number of rotatable bonds is 9. The van der Waals surface area contributed by atoms with Gasteiger partial charge in [-0.15, -0.1) is 0 Å². The fourth-order valence-electron chi connectivity index (χ4n) is 9.66. The Morgan fingerprint density at radius 3 is 1.20 bits per heavy atom. The highest BCUT2D eigenvalue weighted by Gasteiger charge is 2.20. The lowest BCUT2D eigenvalue weighted by Crippen LogP contribution is -2.11. The van der Waals surface area contributed by atoms with Crippen LogP contribution in [0.3, 0.4) is 0 Å². The molecule has 314 valence electrons. The molecule has 0 fully saturated rings. The maximum absolute atomic E-state index is 4.95. The van der Waals surface area contributed by atoms with Crippen molar-refractivity contribution in [2.45, 2.75) is 13.8 Å². The maximum Gasteiger partial charge on any atom is 0.137 e. The summed E-state index contributed by atoms with van der Waals surface area (Å²) in [6.45, 7) is 4.22. The Morgan fingerprint density at radius 1 is 0.318 bits per heavy atom. The Hall–Kier alpha value is -8.67. The number of para-hydroxylation sites is 4. The molecule has 0 radical (unpaired) electrons. The molecule has 0 saturated carbocycles. The van der Waals surface area contributed by atoms with Gasteiger partial charge in [0.15, 0.2) is 0 Å². The molecule has 0 N–H and O–H groups in total. The third-order valence-electron chi connectivity index (χ3n) is 12.9. The normalized spacial score (nSPS) is 11.5. The highest BCUT2D eigenvalue weighted by Crippen LogP contribution is 2.42. The number of fused-ring (bicyclic) bond motifs is 6. The van der Waals surface area contributed by atoms with E-state index in [1.807, 2.05) is 6.20 Å². The van der Waals surface area contributed by atoms with Gasteiger partial charge in [-0.05, 0) is 146 Å². The number of hydrogen-bond donors (Lipinski definition) is 0. The number of aromatic nitrogens is 3. The molecule has 0 amide bonds. The number of pyridine rings is 1. The lowest BCUT2D eigenvalue weighted by atomic mass is 10.0. The molecule has 5 nitrogen and oxygen atoms in total. The van der Waals surface area contributed by atoms with Crippen LogP contribution in [0.2, 0.25) is 0 Å². The van der Waals surface area contributed by atoms with E-state index in [4.69, 9.17) is 4.98 Å².